The molecular formula is C23H26N2O3. The lowest BCUT2D eigenvalue weighted by atomic mass is 10.1. The first kappa shape index (κ1) is 17.7. The summed E-state index contributed by atoms with van der Waals surface area (Å²) in [4.78, 5) is 17.5. The molecule has 0 radical (unpaired) electrons. The van der Waals surface area contributed by atoms with Crippen LogP contribution in [-0.2, 0) is 0 Å². The average molecular weight is 378 g/mol. The van der Waals surface area contributed by atoms with Gasteiger partial charge in [0.1, 0.15) is 24.7 Å². The number of benzene rings is 2. The molecule has 2 fully saturated rings. The van der Waals surface area contributed by atoms with E-state index < -0.39 is 0 Å². The fourth-order valence-corrected chi connectivity index (χ4v) is 4.01. The van der Waals surface area contributed by atoms with Crippen molar-refractivity contribution in [3.8, 4) is 22.6 Å². The van der Waals surface area contributed by atoms with Gasteiger partial charge in [-0.1, -0.05) is 0 Å². The summed E-state index contributed by atoms with van der Waals surface area (Å²) in [7, 11) is 0. The Morgan fingerprint density at radius 2 is 1.14 bits per heavy atom. The monoisotopic (exact) mass is 378 g/mol. The summed E-state index contributed by atoms with van der Waals surface area (Å²) in [6, 6.07) is 11.6. The molecule has 2 aromatic rings. The third kappa shape index (κ3) is 3.40. The van der Waals surface area contributed by atoms with Crippen molar-refractivity contribution in [3.05, 3.63) is 47.5 Å². The Bertz CT molecular complexity index is 816. The van der Waals surface area contributed by atoms with E-state index in [0.717, 1.165) is 46.8 Å². The van der Waals surface area contributed by atoms with Crippen molar-refractivity contribution in [2.24, 2.45) is 0 Å². The van der Waals surface area contributed by atoms with Gasteiger partial charge in [0.25, 0.3) is 0 Å². The highest BCUT2D eigenvalue weighted by atomic mass is 16.5. The topological polar surface area (TPSA) is 42.0 Å². The predicted octanol–water partition coefficient (Wildman–Crippen LogP) is 3.07. The molecule has 0 bridgehead atoms. The van der Waals surface area contributed by atoms with Crippen LogP contribution in [0.1, 0.15) is 28.8 Å². The lowest BCUT2D eigenvalue weighted by Crippen LogP contribution is -2.39. The highest BCUT2D eigenvalue weighted by Crippen LogP contribution is 2.40. The highest BCUT2D eigenvalue weighted by Gasteiger charge is 2.27. The first-order valence-electron chi connectivity index (χ1n) is 10.3. The summed E-state index contributed by atoms with van der Waals surface area (Å²) < 4.78 is 11.9. The van der Waals surface area contributed by atoms with Gasteiger partial charge in [0.15, 0.2) is 5.78 Å². The molecular weight excluding hydrogens is 352 g/mol. The molecule has 2 saturated heterocycles. The van der Waals surface area contributed by atoms with Gasteiger partial charge in [0.2, 0.25) is 0 Å². The van der Waals surface area contributed by atoms with Crippen LogP contribution in [0.2, 0.25) is 0 Å². The van der Waals surface area contributed by atoms with E-state index >= 15 is 0 Å². The number of rotatable bonds is 8. The van der Waals surface area contributed by atoms with Crippen molar-refractivity contribution in [2.45, 2.75) is 12.8 Å². The summed E-state index contributed by atoms with van der Waals surface area (Å²) in [5, 5.41) is 0. The van der Waals surface area contributed by atoms with Crippen molar-refractivity contribution < 1.29 is 14.3 Å². The molecule has 0 aromatic heterocycles. The summed E-state index contributed by atoms with van der Waals surface area (Å²) in [5.41, 5.74) is 3.41. The first-order chi connectivity index (χ1) is 13.8. The van der Waals surface area contributed by atoms with Crippen LogP contribution >= 0.6 is 0 Å². The largest absolute Gasteiger partial charge is 0.492 e. The maximum absolute atomic E-state index is 12.7. The number of hydrogen-bond donors (Lipinski definition) is 0. The molecule has 2 heterocycles. The van der Waals surface area contributed by atoms with Crippen molar-refractivity contribution in [1.29, 1.82) is 0 Å². The molecule has 0 atom stereocenters. The summed E-state index contributed by atoms with van der Waals surface area (Å²) in [6.07, 6.45) is 2.58. The van der Waals surface area contributed by atoms with Gasteiger partial charge in [0, 0.05) is 24.2 Å². The second-order valence-electron chi connectivity index (χ2n) is 7.83. The molecule has 5 rings (SSSR count). The molecule has 5 heteroatoms. The summed E-state index contributed by atoms with van der Waals surface area (Å²) in [5.74, 6) is 1.73. The highest BCUT2D eigenvalue weighted by molar-refractivity contribution is 6.21. The van der Waals surface area contributed by atoms with Crippen LogP contribution in [0.5, 0.6) is 11.5 Å². The molecule has 0 N–H and O–H groups in total. The van der Waals surface area contributed by atoms with E-state index in [4.69, 9.17) is 9.47 Å². The Kier molecular flexibility index (Phi) is 4.79. The van der Waals surface area contributed by atoms with Crippen LogP contribution in [0.4, 0.5) is 0 Å². The van der Waals surface area contributed by atoms with Crippen molar-refractivity contribution in [1.82, 2.24) is 9.80 Å². The van der Waals surface area contributed by atoms with Gasteiger partial charge in [0.05, 0.1) is 0 Å². The zero-order chi connectivity index (χ0) is 18.9. The van der Waals surface area contributed by atoms with E-state index in [1.807, 2.05) is 36.4 Å². The summed E-state index contributed by atoms with van der Waals surface area (Å²) >= 11 is 0. The van der Waals surface area contributed by atoms with E-state index in [2.05, 4.69) is 9.80 Å². The van der Waals surface area contributed by atoms with E-state index in [-0.39, 0.29) is 5.78 Å². The third-order valence-electron chi connectivity index (χ3n) is 6.01. The van der Waals surface area contributed by atoms with Gasteiger partial charge in [-0.15, -0.1) is 0 Å². The van der Waals surface area contributed by atoms with E-state index in [9.17, 15) is 4.79 Å². The SMILES string of the molecule is O=C1c2ccc(OCCN3CCC3)cc2-c2cc(OCCN3CCC3)ccc21. The van der Waals surface area contributed by atoms with Crippen LogP contribution < -0.4 is 9.47 Å². The minimum absolute atomic E-state index is 0.0873. The fraction of sp³-hybridized carbons (Fsp3) is 0.435. The molecule has 2 aromatic carbocycles. The molecule has 0 saturated carbocycles. The lowest BCUT2D eigenvalue weighted by Gasteiger charge is -2.30. The molecule has 5 nitrogen and oxygen atoms in total. The second kappa shape index (κ2) is 7.57. The molecule has 0 spiro atoms. The van der Waals surface area contributed by atoms with Gasteiger partial charge < -0.3 is 9.47 Å². The molecule has 3 aliphatic rings. The van der Waals surface area contributed by atoms with Gasteiger partial charge >= 0.3 is 0 Å². The minimum Gasteiger partial charge on any atom is -0.492 e. The zero-order valence-electron chi connectivity index (χ0n) is 16.2. The molecule has 1 aliphatic carbocycles. The number of ketones is 1. The Balaban J connectivity index is 1.29. The number of fused-ring (bicyclic) bond motifs is 3. The van der Waals surface area contributed by atoms with Crippen molar-refractivity contribution in [2.75, 3.05) is 52.5 Å². The van der Waals surface area contributed by atoms with Crippen LogP contribution in [0.15, 0.2) is 36.4 Å². The van der Waals surface area contributed by atoms with Crippen LogP contribution in [0, 0.1) is 0 Å². The molecule has 146 valence electrons. The second-order valence-corrected chi connectivity index (χ2v) is 7.83. The maximum Gasteiger partial charge on any atom is 0.194 e. The van der Waals surface area contributed by atoms with Gasteiger partial charge in [-0.2, -0.15) is 0 Å². The number of hydrogen-bond acceptors (Lipinski definition) is 5. The normalized spacial score (nSPS) is 18.2. The molecule has 2 aliphatic heterocycles. The Morgan fingerprint density at radius 3 is 1.54 bits per heavy atom. The Hall–Kier alpha value is -2.37. The lowest BCUT2D eigenvalue weighted by molar-refractivity contribution is 0.104. The molecule has 0 unspecified atom stereocenters. The molecule has 28 heavy (non-hydrogen) atoms. The minimum atomic E-state index is 0.0873. The van der Waals surface area contributed by atoms with E-state index in [0.29, 0.717) is 13.2 Å². The Labute approximate surface area is 165 Å². The number of carbonyl (C=O) groups excluding carboxylic acids is 1. The van der Waals surface area contributed by atoms with Gasteiger partial charge in [-0.25, -0.2) is 0 Å². The number of carbonyl (C=O) groups is 1. The number of ether oxygens (including phenoxy) is 2. The Morgan fingerprint density at radius 1 is 0.679 bits per heavy atom. The van der Waals surface area contributed by atoms with Crippen molar-refractivity contribution >= 4 is 5.78 Å². The van der Waals surface area contributed by atoms with Crippen LogP contribution in [-0.4, -0.2) is 68.1 Å². The standard InChI is InChI=1S/C23H26N2O3/c26-23-19-5-3-17(27-13-11-24-7-1-8-24)15-21(19)22-16-18(4-6-20(22)23)28-14-12-25-9-2-10-25/h3-6,15-16H,1-2,7-14H2. The van der Waals surface area contributed by atoms with Gasteiger partial charge in [-0.3, -0.25) is 14.6 Å². The predicted molar refractivity (Wildman–Crippen MR) is 108 cm³/mol. The fourth-order valence-electron chi connectivity index (χ4n) is 4.01. The van der Waals surface area contributed by atoms with E-state index in [1.54, 1.807) is 0 Å². The van der Waals surface area contributed by atoms with E-state index in [1.165, 1.54) is 39.0 Å². The number of likely N-dealkylation sites (tertiary alicyclic amines) is 2. The summed E-state index contributed by atoms with van der Waals surface area (Å²) in [6.45, 7) is 7.99. The van der Waals surface area contributed by atoms with Gasteiger partial charge in [-0.05, 0) is 86.5 Å². The van der Waals surface area contributed by atoms with Crippen molar-refractivity contribution in [3.63, 3.8) is 0 Å². The zero-order valence-corrected chi connectivity index (χ0v) is 16.2. The first-order valence-corrected chi connectivity index (χ1v) is 10.3. The van der Waals surface area contributed by atoms with Crippen LogP contribution in [0.25, 0.3) is 11.1 Å². The third-order valence-corrected chi connectivity index (χ3v) is 6.01. The average Bonchev–Trinajstić information content (AvgIpc) is 2.91. The smallest absolute Gasteiger partial charge is 0.194 e. The molecule has 0 amide bonds. The quantitative estimate of drug-likeness (QED) is 0.603. The number of nitrogens with zero attached hydrogens (tertiary/aromatic N) is 2. The van der Waals surface area contributed by atoms with Crippen LogP contribution in [0.3, 0.4) is 0 Å². The maximum atomic E-state index is 12.7.